The smallest absolute Gasteiger partial charge is 0.105 e. The first-order valence-electron chi connectivity index (χ1n) is 5.99. The number of unbranched alkanes of at least 4 members (excludes halogenated alkanes) is 1. The molecule has 2 nitrogen and oxygen atoms in total. The number of aliphatic hydroxyl groups excluding tert-OH is 2. The van der Waals surface area contributed by atoms with Gasteiger partial charge in [0.05, 0.1) is 6.10 Å². The summed E-state index contributed by atoms with van der Waals surface area (Å²) in [6.07, 6.45) is 1.23. The van der Waals surface area contributed by atoms with Crippen molar-refractivity contribution in [2.24, 2.45) is 0 Å². The van der Waals surface area contributed by atoms with Gasteiger partial charge in [-0.05, 0) is 31.4 Å². The van der Waals surface area contributed by atoms with Crippen molar-refractivity contribution >= 4 is 0 Å². The Morgan fingerprint density at radius 2 is 1.88 bits per heavy atom. The second-order valence-corrected chi connectivity index (χ2v) is 4.51. The third kappa shape index (κ3) is 3.32. The van der Waals surface area contributed by atoms with Crippen molar-refractivity contribution < 1.29 is 10.2 Å². The van der Waals surface area contributed by atoms with Crippen molar-refractivity contribution in [3.8, 4) is 0 Å². The van der Waals surface area contributed by atoms with Crippen LogP contribution in [0.15, 0.2) is 18.2 Å². The van der Waals surface area contributed by atoms with E-state index in [1.807, 2.05) is 32.0 Å². The number of benzene rings is 1. The lowest BCUT2D eigenvalue weighted by molar-refractivity contribution is 0.0119. The molecule has 0 aliphatic rings. The number of rotatable bonds is 5. The Morgan fingerprint density at radius 3 is 2.44 bits per heavy atom. The molecule has 0 aromatic heterocycles. The maximum atomic E-state index is 10.0. The second kappa shape index (κ2) is 6.02. The Labute approximate surface area is 97.9 Å². The standard InChI is InChI=1S/C14H22O2/c1-4-5-6-13(15)14(16)12-8-7-10(2)9-11(12)3/h7-9,13-16H,4-6H2,1-3H3. The minimum Gasteiger partial charge on any atom is -0.390 e. The van der Waals surface area contributed by atoms with E-state index >= 15 is 0 Å². The van der Waals surface area contributed by atoms with Gasteiger partial charge in [0.15, 0.2) is 0 Å². The molecular weight excluding hydrogens is 200 g/mol. The lowest BCUT2D eigenvalue weighted by atomic mass is 9.95. The van der Waals surface area contributed by atoms with E-state index in [9.17, 15) is 10.2 Å². The zero-order valence-corrected chi connectivity index (χ0v) is 10.4. The molecule has 0 spiro atoms. The molecule has 1 aromatic carbocycles. The van der Waals surface area contributed by atoms with Crippen LogP contribution in [0, 0.1) is 13.8 Å². The highest BCUT2D eigenvalue weighted by molar-refractivity contribution is 5.32. The Hall–Kier alpha value is -0.860. The summed E-state index contributed by atoms with van der Waals surface area (Å²) < 4.78 is 0. The summed E-state index contributed by atoms with van der Waals surface area (Å²) in [6, 6.07) is 5.91. The highest BCUT2D eigenvalue weighted by Gasteiger charge is 2.19. The molecule has 0 aliphatic heterocycles. The molecule has 0 fully saturated rings. The van der Waals surface area contributed by atoms with Crippen LogP contribution in [0.3, 0.4) is 0 Å². The Bertz CT molecular complexity index is 334. The average Bonchev–Trinajstić information content (AvgIpc) is 2.25. The molecule has 1 rings (SSSR count). The molecule has 2 N–H and O–H groups in total. The van der Waals surface area contributed by atoms with Gasteiger partial charge in [-0.3, -0.25) is 0 Å². The van der Waals surface area contributed by atoms with Crippen LogP contribution in [0.25, 0.3) is 0 Å². The van der Waals surface area contributed by atoms with E-state index in [-0.39, 0.29) is 0 Å². The minimum absolute atomic E-state index is 0.652. The first-order chi connectivity index (χ1) is 7.56. The van der Waals surface area contributed by atoms with Gasteiger partial charge in [-0.2, -0.15) is 0 Å². The topological polar surface area (TPSA) is 40.5 Å². The van der Waals surface area contributed by atoms with Crippen molar-refractivity contribution in [2.75, 3.05) is 0 Å². The van der Waals surface area contributed by atoms with E-state index in [2.05, 4.69) is 6.92 Å². The predicted molar refractivity (Wildman–Crippen MR) is 66.4 cm³/mol. The zero-order chi connectivity index (χ0) is 12.1. The molecule has 0 aliphatic carbocycles. The Balaban J connectivity index is 2.75. The Kier molecular flexibility index (Phi) is 4.97. The summed E-state index contributed by atoms with van der Waals surface area (Å²) in [6.45, 7) is 6.07. The van der Waals surface area contributed by atoms with Crippen molar-refractivity contribution in [3.05, 3.63) is 34.9 Å². The van der Waals surface area contributed by atoms with Crippen LogP contribution >= 0.6 is 0 Å². The maximum absolute atomic E-state index is 10.0. The summed E-state index contributed by atoms with van der Waals surface area (Å²) >= 11 is 0. The number of hydrogen-bond acceptors (Lipinski definition) is 2. The third-order valence-corrected chi connectivity index (χ3v) is 2.96. The van der Waals surface area contributed by atoms with E-state index in [0.29, 0.717) is 6.42 Å². The van der Waals surface area contributed by atoms with Gasteiger partial charge in [0, 0.05) is 0 Å². The quantitative estimate of drug-likeness (QED) is 0.804. The minimum atomic E-state index is -0.757. The number of aryl methyl sites for hydroxylation is 2. The normalized spacial score (nSPS) is 14.8. The largest absolute Gasteiger partial charge is 0.390 e. The molecule has 2 atom stereocenters. The SMILES string of the molecule is CCCCC(O)C(O)c1ccc(C)cc1C. The van der Waals surface area contributed by atoms with Crippen molar-refractivity contribution in [2.45, 2.75) is 52.2 Å². The fourth-order valence-corrected chi connectivity index (χ4v) is 1.94. The fourth-order valence-electron chi connectivity index (χ4n) is 1.94. The van der Waals surface area contributed by atoms with Gasteiger partial charge in [0.25, 0.3) is 0 Å². The summed E-state index contributed by atoms with van der Waals surface area (Å²) in [5.74, 6) is 0. The zero-order valence-electron chi connectivity index (χ0n) is 10.4. The average molecular weight is 222 g/mol. The van der Waals surface area contributed by atoms with E-state index in [4.69, 9.17) is 0 Å². The van der Waals surface area contributed by atoms with Gasteiger partial charge in [0.2, 0.25) is 0 Å². The van der Waals surface area contributed by atoms with E-state index in [1.165, 1.54) is 5.56 Å². The Morgan fingerprint density at radius 1 is 1.19 bits per heavy atom. The molecule has 90 valence electrons. The van der Waals surface area contributed by atoms with Gasteiger partial charge in [-0.1, -0.05) is 43.5 Å². The van der Waals surface area contributed by atoms with Crippen molar-refractivity contribution in [3.63, 3.8) is 0 Å². The van der Waals surface area contributed by atoms with Crippen molar-refractivity contribution in [1.29, 1.82) is 0 Å². The summed E-state index contributed by atoms with van der Waals surface area (Å²) in [4.78, 5) is 0. The lowest BCUT2D eigenvalue weighted by Crippen LogP contribution is -2.18. The lowest BCUT2D eigenvalue weighted by Gasteiger charge is -2.20. The van der Waals surface area contributed by atoms with Gasteiger partial charge in [0.1, 0.15) is 6.10 Å². The van der Waals surface area contributed by atoms with Gasteiger partial charge < -0.3 is 10.2 Å². The second-order valence-electron chi connectivity index (χ2n) is 4.51. The van der Waals surface area contributed by atoms with E-state index in [0.717, 1.165) is 24.0 Å². The number of aliphatic hydroxyl groups is 2. The van der Waals surface area contributed by atoms with Gasteiger partial charge in [-0.15, -0.1) is 0 Å². The first kappa shape index (κ1) is 13.2. The molecule has 0 saturated carbocycles. The first-order valence-corrected chi connectivity index (χ1v) is 5.99. The van der Waals surface area contributed by atoms with Gasteiger partial charge in [-0.25, -0.2) is 0 Å². The van der Waals surface area contributed by atoms with Crippen LogP contribution in [0.5, 0.6) is 0 Å². The molecule has 2 heteroatoms. The molecule has 0 amide bonds. The molecule has 2 unspecified atom stereocenters. The maximum Gasteiger partial charge on any atom is 0.105 e. The fraction of sp³-hybridized carbons (Fsp3) is 0.571. The van der Waals surface area contributed by atoms with Crippen LogP contribution in [-0.2, 0) is 0 Å². The monoisotopic (exact) mass is 222 g/mol. The van der Waals surface area contributed by atoms with E-state index < -0.39 is 12.2 Å². The van der Waals surface area contributed by atoms with Crippen molar-refractivity contribution in [1.82, 2.24) is 0 Å². The highest BCUT2D eigenvalue weighted by Crippen LogP contribution is 2.24. The highest BCUT2D eigenvalue weighted by atomic mass is 16.3. The molecule has 0 bridgehead atoms. The van der Waals surface area contributed by atoms with Crippen LogP contribution in [0.2, 0.25) is 0 Å². The molecule has 0 radical (unpaired) electrons. The molecule has 1 aromatic rings. The predicted octanol–water partition coefficient (Wildman–Crippen LogP) is 2.89. The van der Waals surface area contributed by atoms with Gasteiger partial charge >= 0.3 is 0 Å². The number of hydrogen-bond donors (Lipinski definition) is 2. The molecule has 16 heavy (non-hydrogen) atoms. The van der Waals surface area contributed by atoms with Crippen LogP contribution < -0.4 is 0 Å². The van der Waals surface area contributed by atoms with Crippen LogP contribution in [0.4, 0.5) is 0 Å². The summed E-state index contributed by atoms with van der Waals surface area (Å²) in [5.41, 5.74) is 3.06. The summed E-state index contributed by atoms with van der Waals surface area (Å²) in [7, 11) is 0. The van der Waals surface area contributed by atoms with Crippen LogP contribution in [0.1, 0.15) is 49.0 Å². The summed E-state index contributed by atoms with van der Waals surface area (Å²) in [5, 5.41) is 19.9. The van der Waals surface area contributed by atoms with E-state index in [1.54, 1.807) is 0 Å². The van der Waals surface area contributed by atoms with Crippen LogP contribution in [-0.4, -0.2) is 16.3 Å². The molecule has 0 heterocycles. The molecule has 0 saturated heterocycles. The molecular formula is C14H22O2. The third-order valence-electron chi connectivity index (χ3n) is 2.96.